The Hall–Kier alpha value is -1.88. The Bertz CT molecular complexity index is 786. The Balaban J connectivity index is 1.10. The van der Waals surface area contributed by atoms with Crippen molar-refractivity contribution < 1.29 is 4.79 Å². The van der Waals surface area contributed by atoms with Crippen LogP contribution in [-0.4, -0.2) is 59.3 Å². The fourth-order valence-electron chi connectivity index (χ4n) is 7.10. The van der Waals surface area contributed by atoms with E-state index in [9.17, 15) is 4.79 Å². The zero-order valence-corrected chi connectivity index (χ0v) is 21.0. The zero-order chi connectivity index (χ0) is 23.2. The summed E-state index contributed by atoms with van der Waals surface area (Å²) in [6.45, 7) is 3.67. The van der Waals surface area contributed by atoms with Gasteiger partial charge in [-0.05, 0) is 30.2 Å². The minimum atomic E-state index is 0.0399. The predicted molar refractivity (Wildman–Crippen MR) is 139 cm³/mol. The van der Waals surface area contributed by atoms with E-state index in [1.807, 2.05) is 29.3 Å². The minimum absolute atomic E-state index is 0.0399. The van der Waals surface area contributed by atoms with Gasteiger partial charge >= 0.3 is 6.03 Å². The van der Waals surface area contributed by atoms with Crippen molar-refractivity contribution in [3.8, 4) is 0 Å². The van der Waals surface area contributed by atoms with E-state index in [0.717, 1.165) is 44.4 Å². The molecule has 1 saturated heterocycles. The van der Waals surface area contributed by atoms with Gasteiger partial charge in [0.25, 0.3) is 0 Å². The molecule has 2 saturated carbocycles. The smallest absolute Gasteiger partial charge is 0.321 e. The van der Waals surface area contributed by atoms with Crippen molar-refractivity contribution in [1.29, 1.82) is 0 Å². The fourth-order valence-corrected chi connectivity index (χ4v) is 7.10. The molecule has 5 rings (SSSR count). The molecular formula is C29H44N4O. The molecule has 1 aromatic carbocycles. The normalized spacial score (nSPS) is 30.1. The Morgan fingerprint density at radius 1 is 0.735 bits per heavy atom. The van der Waals surface area contributed by atoms with Crippen LogP contribution in [0.15, 0.2) is 35.4 Å². The van der Waals surface area contributed by atoms with Gasteiger partial charge in [-0.2, -0.15) is 5.10 Å². The number of nitrogens with zero attached hydrogens (tertiary/aromatic N) is 4. The largest absolute Gasteiger partial charge is 0.341 e. The lowest BCUT2D eigenvalue weighted by Gasteiger charge is -2.41. The number of benzene rings is 1. The van der Waals surface area contributed by atoms with Gasteiger partial charge in [0.1, 0.15) is 0 Å². The maximum absolute atomic E-state index is 13.3. The number of urea groups is 1. The molecule has 3 fully saturated rings. The van der Waals surface area contributed by atoms with E-state index in [1.54, 1.807) is 5.01 Å². The SMILES string of the molecule is O=C(N1CCN(C2CCCCC(C3CCCC3)CCCC2)CC1)N1N=CCC1c1ccccc1. The molecule has 0 bridgehead atoms. The van der Waals surface area contributed by atoms with Gasteiger partial charge in [0.15, 0.2) is 0 Å². The molecule has 2 aliphatic heterocycles. The summed E-state index contributed by atoms with van der Waals surface area (Å²) >= 11 is 0. The van der Waals surface area contributed by atoms with Crippen LogP contribution in [0.5, 0.6) is 0 Å². The van der Waals surface area contributed by atoms with Crippen LogP contribution >= 0.6 is 0 Å². The third-order valence-corrected chi connectivity index (χ3v) is 9.10. The number of amides is 2. The first-order valence-electron chi connectivity index (χ1n) is 14.2. The topological polar surface area (TPSA) is 39.2 Å². The third kappa shape index (κ3) is 5.67. The maximum atomic E-state index is 13.3. The Kier molecular flexibility index (Phi) is 8.21. The highest BCUT2D eigenvalue weighted by molar-refractivity contribution is 5.78. The van der Waals surface area contributed by atoms with Crippen LogP contribution in [0.4, 0.5) is 4.79 Å². The lowest BCUT2D eigenvalue weighted by Crippen LogP contribution is -2.54. The third-order valence-electron chi connectivity index (χ3n) is 9.10. The van der Waals surface area contributed by atoms with Crippen LogP contribution in [0.1, 0.15) is 95.1 Å². The zero-order valence-electron chi connectivity index (χ0n) is 21.0. The molecule has 1 aromatic rings. The number of carbonyl (C=O) groups is 1. The van der Waals surface area contributed by atoms with Crippen LogP contribution in [0.25, 0.3) is 0 Å². The quantitative estimate of drug-likeness (QED) is 0.514. The van der Waals surface area contributed by atoms with Gasteiger partial charge in [0.2, 0.25) is 0 Å². The minimum Gasteiger partial charge on any atom is -0.321 e. The summed E-state index contributed by atoms with van der Waals surface area (Å²) in [6.07, 6.45) is 19.9. The molecule has 1 atom stereocenters. The number of piperazine rings is 1. The van der Waals surface area contributed by atoms with E-state index in [4.69, 9.17) is 0 Å². The molecule has 0 N–H and O–H groups in total. The van der Waals surface area contributed by atoms with Gasteiger partial charge in [-0.3, -0.25) is 4.90 Å². The number of hydrogen-bond acceptors (Lipinski definition) is 3. The Morgan fingerprint density at radius 3 is 1.88 bits per heavy atom. The molecular weight excluding hydrogens is 420 g/mol. The van der Waals surface area contributed by atoms with Gasteiger partial charge in [-0.25, -0.2) is 9.80 Å². The van der Waals surface area contributed by atoms with Crippen molar-refractivity contribution in [3.05, 3.63) is 35.9 Å². The number of hydrogen-bond donors (Lipinski definition) is 0. The second-order valence-electron chi connectivity index (χ2n) is 11.1. The molecule has 0 aromatic heterocycles. The first-order chi connectivity index (χ1) is 16.8. The second-order valence-corrected chi connectivity index (χ2v) is 11.1. The number of rotatable bonds is 3. The van der Waals surface area contributed by atoms with Gasteiger partial charge in [-0.1, -0.05) is 94.5 Å². The average molecular weight is 465 g/mol. The van der Waals surface area contributed by atoms with E-state index in [2.05, 4.69) is 22.1 Å². The van der Waals surface area contributed by atoms with Gasteiger partial charge in [0.05, 0.1) is 6.04 Å². The highest BCUT2D eigenvalue weighted by atomic mass is 16.2. The standard InChI is InChI=1S/C29H44N4O/c34-29(33-28(18-19-30-33)26-14-2-1-3-15-26)32-22-20-31(21-23-32)27-16-8-6-12-25(13-7-9-17-27)24-10-4-5-11-24/h1-3,14-15,19,24-25,27-28H,4-13,16-18,20-23H2. The first kappa shape index (κ1) is 23.8. The van der Waals surface area contributed by atoms with E-state index in [0.29, 0.717) is 6.04 Å². The first-order valence-corrected chi connectivity index (χ1v) is 14.2. The summed E-state index contributed by atoms with van der Waals surface area (Å²) in [5.41, 5.74) is 1.17. The molecule has 2 heterocycles. The van der Waals surface area contributed by atoms with E-state index in [1.165, 1.54) is 82.6 Å². The monoisotopic (exact) mass is 464 g/mol. The van der Waals surface area contributed by atoms with Crippen molar-refractivity contribution in [2.45, 2.75) is 95.6 Å². The molecule has 5 heteroatoms. The molecule has 5 nitrogen and oxygen atoms in total. The van der Waals surface area contributed by atoms with Crippen molar-refractivity contribution in [2.75, 3.05) is 26.2 Å². The summed E-state index contributed by atoms with van der Waals surface area (Å²) in [7, 11) is 0. The predicted octanol–water partition coefficient (Wildman–Crippen LogP) is 6.47. The lowest BCUT2D eigenvalue weighted by molar-refractivity contribution is 0.0778. The molecule has 1 unspecified atom stereocenters. The molecule has 34 heavy (non-hydrogen) atoms. The Labute approximate surface area is 206 Å². The Morgan fingerprint density at radius 2 is 1.29 bits per heavy atom. The van der Waals surface area contributed by atoms with E-state index >= 15 is 0 Å². The van der Waals surface area contributed by atoms with Crippen molar-refractivity contribution in [1.82, 2.24) is 14.8 Å². The van der Waals surface area contributed by atoms with Gasteiger partial charge < -0.3 is 4.90 Å². The highest BCUT2D eigenvalue weighted by Crippen LogP contribution is 2.38. The van der Waals surface area contributed by atoms with E-state index < -0.39 is 0 Å². The second kappa shape index (κ2) is 11.7. The summed E-state index contributed by atoms with van der Waals surface area (Å²) in [5.74, 6) is 2.06. The van der Waals surface area contributed by atoms with Crippen molar-refractivity contribution >= 4 is 12.2 Å². The fraction of sp³-hybridized carbons (Fsp3) is 0.724. The molecule has 2 aliphatic carbocycles. The van der Waals surface area contributed by atoms with Crippen LogP contribution in [0, 0.1) is 11.8 Å². The molecule has 0 spiro atoms. The molecule has 4 aliphatic rings. The van der Waals surface area contributed by atoms with Crippen LogP contribution in [-0.2, 0) is 0 Å². The average Bonchev–Trinajstić information content (AvgIpc) is 3.60. The number of carbonyl (C=O) groups excluding carboxylic acids is 1. The van der Waals surface area contributed by atoms with Crippen molar-refractivity contribution in [2.24, 2.45) is 16.9 Å². The van der Waals surface area contributed by atoms with Crippen LogP contribution < -0.4 is 0 Å². The van der Waals surface area contributed by atoms with Crippen LogP contribution in [0.3, 0.4) is 0 Å². The highest BCUT2D eigenvalue weighted by Gasteiger charge is 2.34. The van der Waals surface area contributed by atoms with Gasteiger partial charge in [-0.15, -0.1) is 0 Å². The summed E-state index contributed by atoms with van der Waals surface area (Å²) < 4.78 is 0. The van der Waals surface area contributed by atoms with Crippen LogP contribution in [0.2, 0.25) is 0 Å². The number of hydrazone groups is 1. The molecule has 186 valence electrons. The summed E-state index contributed by atoms with van der Waals surface area (Å²) in [5, 5.41) is 6.18. The lowest BCUT2D eigenvalue weighted by atomic mass is 9.81. The molecule has 0 radical (unpaired) electrons. The maximum Gasteiger partial charge on any atom is 0.341 e. The van der Waals surface area contributed by atoms with Gasteiger partial charge in [0, 0.05) is 44.9 Å². The van der Waals surface area contributed by atoms with E-state index in [-0.39, 0.29) is 12.1 Å². The molecule has 2 amide bonds. The summed E-state index contributed by atoms with van der Waals surface area (Å²) in [6, 6.07) is 11.1. The van der Waals surface area contributed by atoms with Crippen molar-refractivity contribution in [3.63, 3.8) is 0 Å². The summed E-state index contributed by atoms with van der Waals surface area (Å²) in [4.78, 5) is 18.0.